The Bertz CT molecular complexity index is 615. The standard InChI is InChI=1S/C10H11ClN2O6S/c11-5-1-3-6(4-2-5)20(18,19)13-8(10(16)17)7(12)9(14)15/h1-4,7-8,13H,12H2,(H,14,15)(H,16,17)/t7-,8?/m0/s1. The highest BCUT2D eigenvalue weighted by atomic mass is 35.5. The predicted octanol–water partition coefficient (Wildman–Crippen LogP) is -0.517. The van der Waals surface area contributed by atoms with Crippen LogP contribution in [0.15, 0.2) is 29.2 Å². The first-order valence-electron chi connectivity index (χ1n) is 5.14. The molecule has 110 valence electrons. The van der Waals surface area contributed by atoms with Crippen LogP contribution >= 0.6 is 11.6 Å². The summed E-state index contributed by atoms with van der Waals surface area (Å²) in [7, 11) is -4.23. The zero-order valence-electron chi connectivity index (χ0n) is 9.86. The van der Waals surface area contributed by atoms with E-state index in [4.69, 9.17) is 27.5 Å². The third-order valence-electron chi connectivity index (χ3n) is 2.32. The van der Waals surface area contributed by atoms with Gasteiger partial charge in [0.1, 0.15) is 12.1 Å². The highest BCUT2D eigenvalue weighted by Crippen LogP contribution is 2.14. The molecule has 0 saturated heterocycles. The summed E-state index contributed by atoms with van der Waals surface area (Å²) < 4.78 is 25.6. The Morgan fingerprint density at radius 1 is 1.15 bits per heavy atom. The Morgan fingerprint density at radius 3 is 2.05 bits per heavy atom. The fourth-order valence-corrected chi connectivity index (χ4v) is 2.61. The second kappa shape index (κ2) is 6.18. The molecule has 0 aliphatic heterocycles. The van der Waals surface area contributed by atoms with Gasteiger partial charge in [0.2, 0.25) is 10.0 Å². The molecule has 8 nitrogen and oxygen atoms in total. The number of carboxylic acid groups (broad SMARTS) is 2. The summed E-state index contributed by atoms with van der Waals surface area (Å²) in [6.45, 7) is 0. The lowest BCUT2D eigenvalue weighted by molar-refractivity contribution is -0.146. The normalized spacial score (nSPS) is 14.5. The number of carbonyl (C=O) groups is 2. The van der Waals surface area contributed by atoms with Crippen LogP contribution < -0.4 is 10.5 Å². The topological polar surface area (TPSA) is 147 Å². The van der Waals surface area contributed by atoms with E-state index in [0.717, 1.165) is 12.1 Å². The lowest BCUT2D eigenvalue weighted by atomic mass is 10.1. The molecule has 0 heterocycles. The van der Waals surface area contributed by atoms with Crippen molar-refractivity contribution in [3.05, 3.63) is 29.3 Å². The van der Waals surface area contributed by atoms with E-state index in [0.29, 0.717) is 5.02 Å². The van der Waals surface area contributed by atoms with Crippen molar-refractivity contribution in [2.75, 3.05) is 0 Å². The van der Waals surface area contributed by atoms with Gasteiger partial charge in [-0.2, -0.15) is 4.72 Å². The number of carboxylic acids is 2. The third kappa shape index (κ3) is 3.90. The van der Waals surface area contributed by atoms with E-state index in [2.05, 4.69) is 0 Å². The molecular formula is C10H11ClN2O6S. The van der Waals surface area contributed by atoms with Gasteiger partial charge in [-0.25, -0.2) is 8.42 Å². The van der Waals surface area contributed by atoms with Crippen molar-refractivity contribution in [1.29, 1.82) is 0 Å². The Kier molecular flexibility index (Phi) is 5.06. The van der Waals surface area contributed by atoms with E-state index < -0.39 is 34.0 Å². The van der Waals surface area contributed by atoms with Crippen molar-refractivity contribution in [1.82, 2.24) is 4.72 Å². The van der Waals surface area contributed by atoms with E-state index >= 15 is 0 Å². The quantitative estimate of drug-likeness (QED) is 0.551. The molecule has 0 spiro atoms. The molecule has 10 heteroatoms. The Labute approximate surface area is 119 Å². The van der Waals surface area contributed by atoms with Gasteiger partial charge in [-0.1, -0.05) is 11.6 Å². The van der Waals surface area contributed by atoms with E-state index in [9.17, 15) is 18.0 Å². The smallest absolute Gasteiger partial charge is 0.323 e. The lowest BCUT2D eigenvalue weighted by Gasteiger charge is -2.18. The summed E-state index contributed by atoms with van der Waals surface area (Å²) in [4.78, 5) is 21.3. The van der Waals surface area contributed by atoms with Crippen LogP contribution in [0.2, 0.25) is 5.02 Å². The summed E-state index contributed by atoms with van der Waals surface area (Å²) in [6.07, 6.45) is 0. The van der Waals surface area contributed by atoms with Crippen molar-refractivity contribution in [3.63, 3.8) is 0 Å². The van der Waals surface area contributed by atoms with Crippen molar-refractivity contribution >= 4 is 33.6 Å². The van der Waals surface area contributed by atoms with Crippen LogP contribution in [-0.2, 0) is 19.6 Å². The minimum Gasteiger partial charge on any atom is -0.480 e. The summed E-state index contributed by atoms with van der Waals surface area (Å²) in [5.74, 6) is -3.34. The van der Waals surface area contributed by atoms with Gasteiger partial charge in [-0.3, -0.25) is 9.59 Å². The molecule has 1 unspecified atom stereocenters. The highest BCUT2D eigenvalue weighted by Gasteiger charge is 2.34. The number of nitrogens with one attached hydrogen (secondary N) is 1. The average Bonchev–Trinajstić information content (AvgIpc) is 2.35. The third-order valence-corrected chi connectivity index (χ3v) is 4.03. The Balaban J connectivity index is 3.06. The molecule has 0 aliphatic rings. The van der Waals surface area contributed by atoms with Crippen LogP contribution in [0, 0.1) is 0 Å². The Hall–Kier alpha value is -1.68. The van der Waals surface area contributed by atoms with Crippen LogP contribution in [0.5, 0.6) is 0 Å². The summed E-state index contributed by atoms with van der Waals surface area (Å²) in [6, 6.07) is 0.973. The number of aliphatic carboxylic acids is 2. The number of rotatable bonds is 6. The van der Waals surface area contributed by atoms with Gasteiger partial charge in [-0.05, 0) is 24.3 Å². The SMILES string of the molecule is N[C@H](C(=O)O)C(NS(=O)(=O)c1ccc(Cl)cc1)C(=O)O. The molecule has 1 aromatic carbocycles. The number of nitrogens with two attached hydrogens (primary N) is 1. The van der Waals surface area contributed by atoms with Gasteiger partial charge in [0.15, 0.2) is 0 Å². The molecule has 0 aliphatic carbocycles. The van der Waals surface area contributed by atoms with E-state index in [1.165, 1.54) is 12.1 Å². The first-order valence-corrected chi connectivity index (χ1v) is 7.00. The van der Waals surface area contributed by atoms with Crippen LogP contribution in [0.25, 0.3) is 0 Å². The van der Waals surface area contributed by atoms with Crippen molar-refractivity contribution in [2.24, 2.45) is 5.73 Å². The molecule has 1 rings (SSSR count). The molecule has 20 heavy (non-hydrogen) atoms. The maximum atomic E-state index is 11.9. The van der Waals surface area contributed by atoms with Gasteiger partial charge in [0.05, 0.1) is 4.90 Å². The maximum Gasteiger partial charge on any atom is 0.323 e. The molecule has 1 aromatic rings. The van der Waals surface area contributed by atoms with Gasteiger partial charge < -0.3 is 15.9 Å². The van der Waals surface area contributed by atoms with Crippen molar-refractivity contribution < 1.29 is 28.2 Å². The number of hydrogen-bond acceptors (Lipinski definition) is 5. The van der Waals surface area contributed by atoms with Crippen LogP contribution in [0.3, 0.4) is 0 Å². The van der Waals surface area contributed by atoms with E-state index in [1.54, 1.807) is 4.72 Å². The molecule has 5 N–H and O–H groups in total. The number of halogens is 1. The molecule has 0 saturated carbocycles. The largest absolute Gasteiger partial charge is 0.480 e. The minimum atomic E-state index is -4.23. The summed E-state index contributed by atoms with van der Waals surface area (Å²) in [5, 5.41) is 17.8. The monoisotopic (exact) mass is 322 g/mol. The first-order chi connectivity index (χ1) is 9.15. The van der Waals surface area contributed by atoms with Crippen molar-refractivity contribution in [3.8, 4) is 0 Å². The van der Waals surface area contributed by atoms with E-state index in [-0.39, 0.29) is 4.90 Å². The highest BCUT2D eigenvalue weighted by molar-refractivity contribution is 7.89. The summed E-state index contributed by atoms with van der Waals surface area (Å²) >= 11 is 5.60. The molecule has 2 atom stereocenters. The van der Waals surface area contributed by atoms with Gasteiger partial charge in [0, 0.05) is 5.02 Å². The predicted molar refractivity (Wildman–Crippen MR) is 68.8 cm³/mol. The van der Waals surface area contributed by atoms with Crippen LogP contribution in [0.1, 0.15) is 0 Å². The lowest BCUT2D eigenvalue weighted by Crippen LogP contribution is -2.55. The fourth-order valence-electron chi connectivity index (χ4n) is 1.27. The second-order valence-electron chi connectivity index (χ2n) is 3.76. The minimum absolute atomic E-state index is 0.259. The number of sulfonamides is 1. The molecule has 0 amide bonds. The second-order valence-corrected chi connectivity index (χ2v) is 5.91. The number of hydrogen-bond donors (Lipinski definition) is 4. The summed E-state index contributed by atoms with van der Waals surface area (Å²) in [5.41, 5.74) is 5.14. The van der Waals surface area contributed by atoms with Crippen LogP contribution in [-0.4, -0.2) is 42.7 Å². The zero-order valence-corrected chi connectivity index (χ0v) is 11.4. The van der Waals surface area contributed by atoms with E-state index in [1.807, 2.05) is 0 Å². The molecule has 0 radical (unpaired) electrons. The molecule has 0 aromatic heterocycles. The average molecular weight is 323 g/mol. The van der Waals surface area contributed by atoms with Gasteiger partial charge in [0.25, 0.3) is 0 Å². The molecular weight excluding hydrogens is 312 g/mol. The van der Waals surface area contributed by atoms with Gasteiger partial charge in [-0.15, -0.1) is 0 Å². The Morgan fingerprint density at radius 2 is 1.65 bits per heavy atom. The molecule has 0 fully saturated rings. The fraction of sp³-hybridized carbons (Fsp3) is 0.200. The maximum absolute atomic E-state index is 11.9. The zero-order chi connectivity index (χ0) is 15.5. The van der Waals surface area contributed by atoms with Crippen LogP contribution in [0.4, 0.5) is 0 Å². The number of benzene rings is 1. The molecule has 0 bridgehead atoms. The van der Waals surface area contributed by atoms with Crippen molar-refractivity contribution in [2.45, 2.75) is 17.0 Å². The van der Waals surface area contributed by atoms with Gasteiger partial charge >= 0.3 is 11.9 Å². The first kappa shape index (κ1) is 16.4.